The van der Waals surface area contributed by atoms with Gasteiger partial charge in [0.05, 0.1) is 30.5 Å². The monoisotopic (exact) mass is 435 g/mol. The van der Waals surface area contributed by atoms with Crippen LogP contribution in [0.1, 0.15) is 36.8 Å². The number of likely N-dealkylation sites (tertiary alicyclic amines) is 1. The zero-order valence-electron chi connectivity index (χ0n) is 17.6. The number of rotatable bonds is 6. The van der Waals surface area contributed by atoms with Crippen molar-refractivity contribution in [3.63, 3.8) is 0 Å². The first-order chi connectivity index (χ1) is 15.3. The molecule has 1 atom stereocenters. The van der Waals surface area contributed by atoms with Crippen molar-refractivity contribution >= 4 is 17.4 Å². The summed E-state index contributed by atoms with van der Waals surface area (Å²) < 4.78 is 24.5. The number of aliphatic hydroxyl groups excluding tert-OH is 1. The molecule has 0 radical (unpaired) electrons. The Hall–Kier alpha value is -3.87. The Kier molecular flexibility index (Phi) is 5.81. The Morgan fingerprint density at radius 1 is 1.09 bits per heavy atom. The first-order valence-electron chi connectivity index (χ1n) is 10.2. The minimum absolute atomic E-state index is 0.0140. The van der Waals surface area contributed by atoms with Crippen LogP contribution in [0.2, 0.25) is 0 Å². The first kappa shape index (κ1) is 21.4. The second-order valence-corrected chi connectivity index (χ2v) is 7.75. The zero-order valence-corrected chi connectivity index (χ0v) is 17.6. The lowest BCUT2D eigenvalue weighted by Gasteiger charge is -2.24. The molecule has 7 heteroatoms. The molecule has 2 heterocycles. The highest BCUT2D eigenvalue weighted by molar-refractivity contribution is 6.46. The summed E-state index contributed by atoms with van der Waals surface area (Å²) in [5.74, 6) is -1.24. The van der Waals surface area contributed by atoms with Crippen molar-refractivity contribution in [2.24, 2.45) is 0 Å². The van der Waals surface area contributed by atoms with Crippen LogP contribution in [-0.4, -0.2) is 27.8 Å². The average molecular weight is 435 g/mol. The van der Waals surface area contributed by atoms with E-state index in [1.807, 2.05) is 13.8 Å². The molecule has 32 heavy (non-hydrogen) atoms. The fourth-order valence-corrected chi connectivity index (χ4v) is 3.72. The Morgan fingerprint density at radius 2 is 1.78 bits per heavy atom. The molecular weight excluding hydrogens is 413 g/mol. The van der Waals surface area contributed by atoms with E-state index in [1.165, 1.54) is 35.4 Å². The topological polar surface area (TPSA) is 80.0 Å². The van der Waals surface area contributed by atoms with E-state index in [2.05, 4.69) is 0 Å². The van der Waals surface area contributed by atoms with Crippen LogP contribution in [0.25, 0.3) is 5.76 Å². The van der Waals surface area contributed by atoms with Crippen LogP contribution >= 0.6 is 0 Å². The maximum absolute atomic E-state index is 13.5. The predicted molar refractivity (Wildman–Crippen MR) is 115 cm³/mol. The number of halogens is 1. The van der Waals surface area contributed by atoms with E-state index in [4.69, 9.17) is 9.15 Å². The molecule has 164 valence electrons. The van der Waals surface area contributed by atoms with E-state index in [0.717, 1.165) is 0 Å². The number of furan rings is 1. The van der Waals surface area contributed by atoms with Gasteiger partial charge >= 0.3 is 0 Å². The van der Waals surface area contributed by atoms with E-state index in [-0.39, 0.29) is 24.0 Å². The summed E-state index contributed by atoms with van der Waals surface area (Å²) in [5.41, 5.74) is 0.799. The van der Waals surface area contributed by atoms with Crippen molar-refractivity contribution < 1.29 is 28.2 Å². The Balaban J connectivity index is 1.79. The second-order valence-electron chi connectivity index (χ2n) is 7.75. The lowest BCUT2D eigenvalue weighted by atomic mass is 9.95. The van der Waals surface area contributed by atoms with Crippen LogP contribution in [0.4, 0.5) is 4.39 Å². The number of Topliss-reactive ketones (excluding diaryl/α,β-unsaturated/α-hetero) is 1. The third-order valence-electron chi connectivity index (χ3n) is 5.13. The Morgan fingerprint density at radius 3 is 2.38 bits per heavy atom. The molecule has 1 aliphatic rings. The molecular formula is C25H22FNO5. The highest BCUT2D eigenvalue weighted by Crippen LogP contribution is 2.40. The third kappa shape index (κ3) is 4.14. The zero-order chi connectivity index (χ0) is 22.8. The van der Waals surface area contributed by atoms with Gasteiger partial charge in [-0.25, -0.2) is 4.39 Å². The summed E-state index contributed by atoms with van der Waals surface area (Å²) in [7, 11) is 0. The average Bonchev–Trinajstić information content (AvgIpc) is 3.36. The van der Waals surface area contributed by atoms with Gasteiger partial charge in [-0.05, 0) is 67.9 Å². The number of benzene rings is 2. The standard InChI is InChI=1S/C25H22FNO5/c1-15(2)32-19-11-7-17(8-12-19)23(28)21-22(16-5-9-18(26)10-6-16)27(25(30)24(21)29)14-20-4-3-13-31-20/h3-13,15,22,28H,14H2,1-2H3/b23-21-. The van der Waals surface area contributed by atoms with Gasteiger partial charge in [0.15, 0.2) is 0 Å². The minimum Gasteiger partial charge on any atom is -0.507 e. The van der Waals surface area contributed by atoms with Gasteiger partial charge in [0.25, 0.3) is 11.7 Å². The van der Waals surface area contributed by atoms with Crippen LogP contribution in [0.15, 0.2) is 76.9 Å². The number of aliphatic hydroxyl groups is 1. The minimum atomic E-state index is -0.896. The van der Waals surface area contributed by atoms with E-state index in [9.17, 15) is 19.1 Å². The molecule has 0 aliphatic carbocycles. The highest BCUT2D eigenvalue weighted by atomic mass is 19.1. The van der Waals surface area contributed by atoms with Crippen molar-refractivity contribution in [3.8, 4) is 5.75 Å². The molecule has 2 aromatic carbocycles. The third-order valence-corrected chi connectivity index (χ3v) is 5.13. The van der Waals surface area contributed by atoms with Crippen molar-refractivity contribution in [1.82, 2.24) is 4.90 Å². The number of hydrogen-bond donors (Lipinski definition) is 1. The predicted octanol–water partition coefficient (Wildman–Crippen LogP) is 4.83. The van der Waals surface area contributed by atoms with Crippen molar-refractivity contribution in [2.75, 3.05) is 0 Å². The maximum atomic E-state index is 13.5. The van der Waals surface area contributed by atoms with Crippen molar-refractivity contribution in [3.05, 3.63) is 95.2 Å². The van der Waals surface area contributed by atoms with Crippen LogP contribution < -0.4 is 4.74 Å². The van der Waals surface area contributed by atoms with Crippen LogP contribution in [0.5, 0.6) is 5.75 Å². The Bertz CT molecular complexity index is 1150. The highest BCUT2D eigenvalue weighted by Gasteiger charge is 2.46. The second kappa shape index (κ2) is 8.70. The van der Waals surface area contributed by atoms with Gasteiger partial charge in [0.2, 0.25) is 0 Å². The normalized spacial score (nSPS) is 17.9. The van der Waals surface area contributed by atoms with E-state index in [1.54, 1.807) is 36.4 Å². The van der Waals surface area contributed by atoms with Gasteiger partial charge in [-0.2, -0.15) is 0 Å². The molecule has 1 fully saturated rings. The summed E-state index contributed by atoms with van der Waals surface area (Å²) in [6, 6.07) is 14.6. The lowest BCUT2D eigenvalue weighted by molar-refractivity contribution is -0.140. The summed E-state index contributed by atoms with van der Waals surface area (Å²) in [5, 5.41) is 11.1. The quantitative estimate of drug-likeness (QED) is 0.341. The van der Waals surface area contributed by atoms with Crippen molar-refractivity contribution in [2.45, 2.75) is 32.5 Å². The molecule has 1 N–H and O–H groups in total. The molecule has 1 aromatic heterocycles. The largest absolute Gasteiger partial charge is 0.507 e. The fraction of sp³-hybridized carbons (Fsp3) is 0.200. The van der Waals surface area contributed by atoms with Gasteiger partial charge in [-0.3, -0.25) is 9.59 Å². The number of ketones is 1. The van der Waals surface area contributed by atoms with Crippen LogP contribution in [0.3, 0.4) is 0 Å². The number of ether oxygens (including phenoxy) is 1. The molecule has 4 rings (SSSR count). The van der Waals surface area contributed by atoms with E-state index < -0.39 is 23.5 Å². The molecule has 1 unspecified atom stereocenters. The van der Waals surface area contributed by atoms with Gasteiger partial charge in [-0.1, -0.05) is 12.1 Å². The molecule has 1 aliphatic heterocycles. The fourth-order valence-electron chi connectivity index (χ4n) is 3.72. The number of carbonyl (C=O) groups is 2. The van der Waals surface area contributed by atoms with E-state index in [0.29, 0.717) is 22.6 Å². The Labute approximate surface area is 184 Å². The maximum Gasteiger partial charge on any atom is 0.296 e. The summed E-state index contributed by atoms with van der Waals surface area (Å²) >= 11 is 0. The summed E-state index contributed by atoms with van der Waals surface area (Å²) in [6.07, 6.45) is 1.46. The smallest absolute Gasteiger partial charge is 0.296 e. The summed E-state index contributed by atoms with van der Waals surface area (Å²) in [6.45, 7) is 3.83. The van der Waals surface area contributed by atoms with Gasteiger partial charge in [-0.15, -0.1) is 0 Å². The SMILES string of the molecule is CC(C)Oc1ccc(/C(O)=C2/C(=O)C(=O)N(Cc3ccco3)C2c2ccc(F)cc2)cc1. The molecule has 1 amide bonds. The summed E-state index contributed by atoms with van der Waals surface area (Å²) in [4.78, 5) is 27.2. The molecule has 6 nitrogen and oxygen atoms in total. The van der Waals surface area contributed by atoms with Crippen LogP contribution in [0, 0.1) is 5.82 Å². The molecule has 0 spiro atoms. The molecule has 3 aromatic rings. The van der Waals surface area contributed by atoms with Gasteiger partial charge < -0.3 is 19.2 Å². The number of hydrogen-bond acceptors (Lipinski definition) is 5. The molecule has 0 bridgehead atoms. The molecule has 1 saturated heterocycles. The first-order valence-corrected chi connectivity index (χ1v) is 10.2. The van der Waals surface area contributed by atoms with Crippen LogP contribution in [-0.2, 0) is 16.1 Å². The number of carbonyl (C=O) groups excluding carboxylic acids is 2. The van der Waals surface area contributed by atoms with E-state index >= 15 is 0 Å². The lowest BCUT2D eigenvalue weighted by Crippen LogP contribution is -2.29. The number of nitrogens with zero attached hydrogens (tertiary/aromatic N) is 1. The number of amides is 1. The van der Waals surface area contributed by atoms with Gasteiger partial charge in [0, 0.05) is 5.56 Å². The van der Waals surface area contributed by atoms with Gasteiger partial charge in [0.1, 0.15) is 23.1 Å². The molecule has 0 saturated carbocycles. The van der Waals surface area contributed by atoms with Crippen molar-refractivity contribution in [1.29, 1.82) is 0 Å².